The summed E-state index contributed by atoms with van der Waals surface area (Å²) in [6, 6.07) is 5.40. The number of nitrogens with zero attached hydrogens (tertiary/aromatic N) is 3. The first-order valence-electron chi connectivity index (χ1n) is 13.6. The Morgan fingerprint density at radius 3 is 2.59 bits per heavy atom. The number of esters is 1. The third-order valence-electron chi connectivity index (χ3n) is 6.25. The van der Waals surface area contributed by atoms with Crippen LogP contribution in [0.5, 0.6) is 11.5 Å². The molecule has 0 aliphatic heterocycles. The molecule has 1 atom stereocenters. The Balaban J connectivity index is 2.13. The van der Waals surface area contributed by atoms with Gasteiger partial charge in [-0.05, 0) is 31.4 Å². The summed E-state index contributed by atoms with van der Waals surface area (Å²) in [7, 11) is 1.55. The van der Waals surface area contributed by atoms with Crippen LogP contribution in [0.4, 0.5) is 20.5 Å². The molecule has 2 aromatic rings. The first-order chi connectivity index (χ1) is 19.5. The zero-order valence-corrected chi connectivity index (χ0v) is 24.1. The molecule has 1 aromatic carbocycles. The molecule has 0 spiro atoms. The van der Waals surface area contributed by atoms with Gasteiger partial charge in [0, 0.05) is 49.7 Å². The van der Waals surface area contributed by atoms with Crippen LogP contribution in [0.2, 0.25) is 0 Å². The highest BCUT2D eigenvalue weighted by Gasteiger charge is 2.18. The summed E-state index contributed by atoms with van der Waals surface area (Å²) < 4.78 is 42.0. The Hall–Kier alpha value is -3.74. The molecule has 13 heteroatoms. The molecule has 1 unspecified atom stereocenters. The van der Waals surface area contributed by atoms with Crippen LogP contribution < -0.4 is 20.5 Å². The summed E-state index contributed by atoms with van der Waals surface area (Å²) in [5.74, 6) is 0.379. The number of nitrogen functional groups attached to an aromatic ring is 1. The van der Waals surface area contributed by atoms with Crippen LogP contribution in [-0.4, -0.2) is 84.3 Å². The van der Waals surface area contributed by atoms with E-state index in [1.165, 1.54) is 11.8 Å². The number of carboxylic acids is 1. The lowest BCUT2D eigenvalue weighted by Gasteiger charge is -2.22. The van der Waals surface area contributed by atoms with Crippen LogP contribution in [0.3, 0.4) is 0 Å². The highest BCUT2D eigenvalue weighted by molar-refractivity contribution is 5.69. The number of hydrogen-bond donors (Lipinski definition) is 3. The third kappa shape index (κ3) is 12.1. The van der Waals surface area contributed by atoms with E-state index in [1.54, 1.807) is 19.2 Å². The van der Waals surface area contributed by atoms with Gasteiger partial charge in [-0.2, -0.15) is 4.98 Å². The second kappa shape index (κ2) is 17.2. The van der Waals surface area contributed by atoms with Crippen LogP contribution in [0.1, 0.15) is 56.4 Å². The number of aryl methyl sites for hydroxylation is 1. The Bertz CT molecular complexity index is 1140. The summed E-state index contributed by atoms with van der Waals surface area (Å²) in [5, 5.41) is 12.4. The molecule has 0 aliphatic carbocycles. The monoisotopic (exact) mass is 581 g/mol. The summed E-state index contributed by atoms with van der Waals surface area (Å²) in [6.45, 7) is 4.93. The maximum absolute atomic E-state index is 12.7. The minimum atomic E-state index is -2.61. The first-order valence-corrected chi connectivity index (χ1v) is 13.6. The van der Waals surface area contributed by atoms with Gasteiger partial charge in [0.15, 0.2) is 0 Å². The quantitative estimate of drug-likeness (QED) is 0.164. The topological polar surface area (TPSA) is 149 Å². The second-order valence-electron chi connectivity index (χ2n) is 9.63. The number of methoxy groups -OCH3 is 1. The fourth-order valence-electron chi connectivity index (χ4n) is 4.37. The summed E-state index contributed by atoms with van der Waals surface area (Å²) >= 11 is 0. The number of nitrogens with one attached hydrogen (secondary N) is 1. The lowest BCUT2D eigenvalue weighted by atomic mass is 10.0. The number of hydrogen-bond acceptors (Lipinski definition) is 10. The number of halogens is 2. The molecule has 1 aromatic heterocycles. The number of benzene rings is 1. The predicted octanol–water partition coefficient (Wildman–Crippen LogP) is 3.92. The minimum Gasteiger partial charge on any atom is -0.496 e. The molecule has 0 bridgehead atoms. The van der Waals surface area contributed by atoms with E-state index in [0.717, 1.165) is 24.0 Å². The summed E-state index contributed by atoms with van der Waals surface area (Å²) in [5.41, 5.74) is 8.39. The lowest BCUT2D eigenvalue weighted by molar-refractivity contribution is -0.141. The smallest absolute Gasteiger partial charge is 0.317 e. The Kier molecular flexibility index (Phi) is 14.0. The van der Waals surface area contributed by atoms with Crippen LogP contribution in [0.15, 0.2) is 18.2 Å². The number of carbonyl (C=O) groups excluding carboxylic acids is 1. The predicted molar refractivity (Wildman–Crippen MR) is 151 cm³/mol. The van der Waals surface area contributed by atoms with Gasteiger partial charge in [0.2, 0.25) is 5.95 Å². The van der Waals surface area contributed by atoms with Crippen molar-refractivity contribution in [3.05, 3.63) is 35.0 Å². The van der Waals surface area contributed by atoms with Gasteiger partial charge in [-0.3, -0.25) is 14.5 Å². The maximum Gasteiger partial charge on any atom is 0.317 e. The van der Waals surface area contributed by atoms with Gasteiger partial charge < -0.3 is 30.4 Å². The molecule has 0 radical (unpaired) electrons. The zero-order chi connectivity index (χ0) is 30.4. The van der Waals surface area contributed by atoms with E-state index in [1.807, 2.05) is 13.0 Å². The molecule has 11 nitrogen and oxygen atoms in total. The zero-order valence-electron chi connectivity index (χ0n) is 24.1. The number of nitrogens with two attached hydrogens (primary N) is 1. The molecule has 0 saturated heterocycles. The Morgan fingerprint density at radius 2 is 1.95 bits per heavy atom. The average molecular weight is 582 g/mol. The Labute approximate surface area is 239 Å². The normalized spacial score (nSPS) is 11.9. The molecule has 0 aliphatic rings. The number of carboxylic acid groups (broad SMARTS) is 1. The van der Waals surface area contributed by atoms with Crippen molar-refractivity contribution in [1.82, 2.24) is 14.9 Å². The average Bonchev–Trinajstić information content (AvgIpc) is 2.88. The van der Waals surface area contributed by atoms with Crippen molar-refractivity contribution in [2.45, 2.75) is 65.3 Å². The standard InChI is InChI=1S/C28H41F2N5O6/c1-5-7-21(10-13-40-19(3)36)33-27-23(18(2)32-28(31)34-27)14-20-8-9-22(15-24(20)39-4)41-12-6-11-35(16-25(29)30)17-26(37)38/h8-9,15,21,25H,5-7,10-14,16-17H2,1-4H3,(H,37,38)(H3,31,32,33,34). The van der Waals surface area contributed by atoms with Crippen LogP contribution >= 0.6 is 0 Å². The van der Waals surface area contributed by atoms with Gasteiger partial charge in [0.05, 0.1) is 33.4 Å². The second-order valence-corrected chi connectivity index (χ2v) is 9.63. The number of rotatable bonds is 19. The highest BCUT2D eigenvalue weighted by Crippen LogP contribution is 2.30. The van der Waals surface area contributed by atoms with Gasteiger partial charge in [-0.25, -0.2) is 13.8 Å². The molecule has 2 rings (SSSR count). The van der Waals surface area contributed by atoms with Crippen molar-refractivity contribution in [3.8, 4) is 11.5 Å². The van der Waals surface area contributed by atoms with E-state index in [2.05, 4.69) is 22.2 Å². The fourth-order valence-corrected chi connectivity index (χ4v) is 4.37. The molecular weight excluding hydrogens is 540 g/mol. The number of carbonyl (C=O) groups is 2. The molecule has 41 heavy (non-hydrogen) atoms. The van der Waals surface area contributed by atoms with E-state index in [0.29, 0.717) is 48.9 Å². The van der Waals surface area contributed by atoms with Gasteiger partial charge in [-0.1, -0.05) is 19.4 Å². The van der Waals surface area contributed by atoms with Crippen LogP contribution in [0.25, 0.3) is 0 Å². The number of anilines is 2. The molecule has 0 fully saturated rings. The third-order valence-corrected chi connectivity index (χ3v) is 6.25. The number of aliphatic carboxylic acids is 1. The van der Waals surface area contributed by atoms with Crippen molar-refractivity contribution >= 4 is 23.7 Å². The fraction of sp³-hybridized carbons (Fsp3) is 0.571. The van der Waals surface area contributed by atoms with Crippen molar-refractivity contribution in [1.29, 1.82) is 0 Å². The van der Waals surface area contributed by atoms with E-state index in [-0.39, 0.29) is 31.1 Å². The highest BCUT2D eigenvalue weighted by atomic mass is 19.3. The molecule has 1 heterocycles. The van der Waals surface area contributed by atoms with Crippen molar-refractivity contribution in [2.24, 2.45) is 0 Å². The SMILES string of the molecule is CCCC(CCOC(C)=O)Nc1nc(N)nc(C)c1Cc1ccc(OCCCN(CC(=O)O)CC(F)F)cc1OC. The van der Waals surface area contributed by atoms with Crippen LogP contribution in [0, 0.1) is 6.92 Å². The van der Waals surface area contributed by atoms with Gasteiger partial charge >= 0.3 is 11.9 Å². The van der Waals surface area contributed by atoms with Gasteiger partial charge in [-0.15, -0.1) is 0 Å². The first kappa shape index (κ1) is 33.5. The van der Waals surface area contributed by atoms with E-state index in [9.17, 15) is 18.4 Å². The molecule has 0 amide bonds. The number of aromatic nitrogens is 2. The lowest BCUT2D eigenvalue weighted by Crippen LogP contribution is -2.35. The largest absolute Gasteiger partial charge is 0.496 e. The molecule has 4 N–H and O–H groups in total. The molecule has 228 valence electrons. The van der Waals surface area contributed by atoms with E-state index in [4.69, 9.17) is 25.1 Å². The Morgan fingerprint density at radius 1 is 1.20 bits per heavy atom. The molecular formula is C28H41F2N5O6. The van der Waals surface area contributed by atoms with Crippen LogP contribution in [-0.2, 0) is 20.7 Å². The number of ether oxygens (including phenoxy) is 3. The van der Waals surface area contributed by atoms with Crippen molar-refractivity contribution < 1.29 is 37.7 Å². The summed E-state index contributed by atoms with van der Waals surface area (Å²) in [4.78, 5) is 32.1. The number of alkyl halides is 2. The van der Waals surface area contributed by atoms with Gasteiger partial charge in [0.25, 0.3) is 6.43 Å². The molecule has 0 saturated carbocycles. The maximum atomic E-state index is 12.7. The summed E-state index contributed by atoms with van der Waals surface area (Å²) in [6.07, 6.45) is 0.578. The van der Waals surface area contributed by atoms with Gasteiger partial charge in [0.1, 0.15) is 17.3 Å². The van der Waals surface area contributed by atoms with E-state index < -0.39 is 25.5 Å². The van der Waals surface area contributed by atoms with Crippen molar-refractivity contribution in [3.63, 3.8) is 0 Å². The minimum absolute atomic E-state index is 0.0107. The van der Waals surface area contributed by atoms with Crippen molar-refractivity contribution in [2.75, 3.05) is 51.0 Å². The van der Waals surface area contributed by atoms with E-state index >= 15 is 0 Å².